The average Bonchev–Trinajstić information content (AvgIpc) is 2.66. The zero-order valence-corrected chi connectivity index (χ0v) is 9.61. The first-order valence-corrected chi connectivity index (χ1v) is 5.69. The number of benzene rings is 1. The molecule has 0 aliphatic heterocycles. The summed E-state index contributed by atoms with van der Waals surface area (Å²) >= 11 is 1.50. The lowest BCUT2D eigenvalue weighted by molar-refractivity contribution is 0.471. The van der Waals surface area contributed by atoms with Crippen LogP contribution in [-0.4, -0.2) is 19.9 Å². The summed E-state index contributed by atoms with van der Waals surface area (Å²) in [4.78, 5) is 0. The topological polar surface area (TPSA) is 77.0 Å². The van der Waals surface area contributed by atoms with Gasteiger partial charge in [-0.1, -0.05) is 11.8 Å². The van der Waals surface area contributed by atoms with Gasteiger partial charge in [-0.25, -0.2) is 0 Å². The maximum absolute atomic E-state index is 9.62. The first-order chi connectivity index (χ1) is 7.66. The van der Waals surface area contributed by atoms with Crippen LogP contribution >= 0.6 is 11.8 Å². The van der Waals surface area contributed by atoms with Gasteiger partial charge < -0.3 is 15.4 Å². The fourth-order valence-electron chi connectivity index (χ4n) is 1.27. The lowest BCUT2D eigenvalue weighted by Gasteiger charge is -2.04. The first kappa shape index (κ1) is 10.8. The first-order valence-electron chi connectivity index (χ1n) is 4.71. The van der Waals surface area contributed by atoms with Crippen molar-refractivity contribution in [2.75, 3.05) is 5.73 Å². The Morgan fingerprint density at radius 2 is 2.31 bits per heavy atom. The Kier molecular flexibility index (Phi) is 3.00. The van der Waals surface area contributed by atoms with Crippen molar-refractivity contribution in [3.8, 4) is 5.75 Å². The van der Waals surface area contributed by atoms with Crippen molar-refractivity contribution in [1.82, 2.24) is 14.8 Å². The summed E-state index contributed by atoms with van der Waals surface area (Å²) in [6, 6.07) is 5.03. The molecule has 2 rings (SSSR count). The van der Waals surface area contributed by atoms with E-state index in [1.807, 2.05) is 11.6 Å². The molecular formula is C10H12N4OS. The number of nitrogen functional groups attached to an aromatic ring is 1. The molecule has 0 atom stereocenters. The van der Waals surface area contributed by atoms with E-state index in [1.54, 1.807) is 24.5 Å². The van der Waals surface area contributed by atoms with Gasteiger partial charge in [0.1, 0.15) is 12.1 Å². The Morgan fingerprint density at radius 3 is 3.00 bits per heavy atom. The van der Waals surface area contributed by atoms with Gasteiger partial charge in [0.15, 0.2) is 5.16 Å². The molecule has 84 valence electrons. The minimum absolute atomic E-state index is 0.254. The lowest BCUT2D eigenvalue weighted by Crippen LogP contribution is -1.91. The number of rotatable bonds is 3. The Balaban J connectivity index is 2.10. The van der Waals surface area contributed by atoms with Crippen LogP contribution in [0.15, 0.2) is 29.7 Å². The average molecular weight is 236 g/mol. The standard InChI is InChI=1S/C10H12N4OS/c1-14-6-12-13-10(14)16-5-7-4-8(11)2-3-9(7)15/h2-4,6,15H,5,11H2,1H3. The normalized spacial score (nSPS) is 10.6. The zero-order chi connectivity index (χ0) is 11.5. The molecule has 0 radical (unpaired) electrons. The van der Waals surface area contributed by atoms with Gasteiger partial charge in [-0.2, -0.15) is 0 Å². The molecule has 0 amide bonds. The van der Waals surface area contributed by atoms with Crippen LogP contribution in [0.4, 0.5) is 5.69 Å². The van der Waals surface area contributed by atoms with Crippen LogP contribution in [0, 0.1) is 0 Å². The third-order valence-corrected chi connectivity index (χ3v) is 3.21. The van der Waals surface area contributed by atoms with E-state index in [2.05, 4.69) is 10.2 Å². The summed E-state index contributed by atoms with van der Waals surface area (Å²) in [6.07, 6.45) is 1.64. The van der Waals surface area contributed by atoms with Crippen LogP contribution in [-0.2, 0) is 12.8 Å². The molecule has 0 aliphatic rings. The van der Waals surface area contributed by atoms with Crippen LogP contribution < -0.4 is 5.73 Å². The lowest BCUT2D eigenvalue weighted by atomic mass is 10.2. The number of nitrogens with two attached hydrogens (primary N) is 1. The van der Waals surface area contributed by atoms with Crippen molar-refractivity contribution < 1.29 is 5.11 Å². The van der Waals surface area contributed by atoms with Gasteiger partial charge in [0, 0.05) is 24.1 Å². The number of aromatic hydroxyl groups is 1. The molecule has 6 heteroatoms. The van der Waals surface area contributed by atoms with Gasteiger partial charge in [-0.15, -0.1) is 10.2 Å². The number of aryl methyl sites for hydroxylation is 1. The van der Waals surface area contributed by atoms with Gasteiger partial charge in [0.2, 0.25) is 0 Å². The Morgan fingerprint density at radius 1 is 1.50 bits per heavy atom. The van der Waals surface area contributed by atoms with Crippen molar-refractivity contribution in [2.24, 2.45) is 7.05 Å². The predicted molar refractivity (Wildman–Crippen MR) is 63.1 cm³/mol. The second-order valence-electron chi connectivity index (χ2n) is 3.40. The largest absolute Gasteiger partial charge is 0.508 e. The minimum Gasteiger partial charge on any atom is -0.508 e. The van der Waals surface area contributed by atoms with E-state index >= 15 is 0 Å². The van der Waals surface area contributed by atoms with Gasteiger partial charge in [-0.3, -0.25) is 0 Å². The highest BCUT2D eigenvalue weighted by atomic mass is 32.2. The second-order valence-corrected chi connectivity index (χ2v) is 4.34. The molecule has 0 saturated heterocycles. The maximum Gasteiger partial charge on any atom is 0.191 e. The Bertz CT molecular complexity index is 497. The molecule has 16 heavy (non-hydrogen) atoms. The predicted octanol–water partition coefficient (Wildman–Crippen LogP) is 1.40. The van der Waals surface area contributed by atoms with E-state index < -0.39 is 0 Å². The zero-order valence-electron chi connectivity index (χ0n) is 8.79. The van der Waals surface area contributed by atoms with Crippen molar-refractivity contribution >= 4 is 17.4 Å². The third-order valence-electron chi connectivity index (χ3n) is 2.13. The number of phenolic OH excluding ortho intramolecular Hbond substituents is 1. The molecule has 0 fully saturated rings. The van der Waals surface area contributed by atoms with E-state index in [9.17, 15) is 5.11 Å². The third kappa shape index (κ3) is 2.27. The minimum atomic E-state index is 0.254. The van der Waals surface area contributed by atoms with Crippen molar-refractivity contribution in [3.63, 3.8) is 0 Å². The number of hydrogen-bond acceptors (Lipinski definition) is 5. The van der Waals surface area contributed by atoms with Crippen LogP contribution in [0.2, 0.25) is 0 Å². The number of hydrogen-bond donors (Lipinski definition) is 2. The molecule has 5 nitrogen and oxygen atoms in total. The molecule has 1 aromatic heterocycles. The quantitative estimate of drug-likeness (QED) is 0.478. The second kappa shape index (κ2) is 4.44. The molecule has 1 aromatic carbocycles. The summed E-state index contributed by atoms with van der Waals surface area (Å²) in [5.74, 6) is 0.868. The maximum atomic E-state index is 9.62. The Hall–Kier alpha value is -1.69. The monoisotopic (exact) mass is 236 g/mol. The summed E-state index contributed by atoms with van der Waals surface area (Å²) in [6.45, 7) is 0. The summed E-state index contributed by atoms with van der Waals surface area (Å²) in [5, 5.41) is 18.2. The number of thioether (sulfide) groups is 1. The smallest absolute Gasteiger partial charge is 0.191 e. The van der Waals surface area contributed by atoms with E-state index in [0.717, 1.165) is 10.7 Å². The molecule has 0 spiro atoms. The SMILES string of the molecule is Cn1cnnc1SCc1cc(N)ccc1O. The number of phenols is 1. The number of anilines is 1. The van der Waals surface area contributed by atoms with Crippen molar-refractivity contribution in [2.45, 2.75) is 10.9 Å². The fourth-order valence-corrected chi connectivity index (χ4v) is 2.14. The van der Waals surface area contributed by atoms with Crippen LogP contribution in [0.3, 0.4) is 0 Å². The summed E-state index contributed by atoms with van der Waals surface area (Å²) in [7, 11) is 1.88. The van der Waals surface area contributed by atoms with E-state index in [1.165, 1.54) is 11.8 Å². The molecule has 0 bridgehead atoms. The summed E-state index contributed by atoms with van der Waals surface area (Å²) in [5.41, 5.74) is 7.10. The van der Waals surface area contributed by atoms with Crippen LogP contribution in [0.5, 0.6) is 5.75 Å². The number of nitrogens with zero attached hydrogens (tertiary/aromatic N) is 3. The highest BCUT2D eigenvalue weighted by Gasteiger charge is 2.05. The van der Waals surface area contributed by atoms with Crippen LogP contribution in [0.25, 0.3) is 0 Å². The molecule has 0 unspecified atom stereocenters. The Labute approximate surface area is 97.3 Å². The van der Waals surface area contributed by atoms with Gasteiger partial charge in [0.25, 0.3) is 0 Å². The van der Waals surface area contributed by atoms with Crippen LogP contribution in [0.1, 0.15) is 5.56 Å². The molecular weight excluding hydrogens is 224 g/mol. The van der Waals surface area contributed by atoms with Gasteiger partial charge >= 0.3 is 0 Å². The van der Waals surface area contributed by atoms with Crippen molar-refractivity contribution in [1.29, 1.82) is 0 Å². The molecule has 2 aromatic rings. The molecule has 0 saturated carbocycles. The van der Waals surface area contributed by atoms with E-state index in [4.69, 9.17) is 5.73 Å². The molecule has 0 aliphatic carbocycles. The highest BCUT2D eigenvalue weighted by molar-refractivity contribution is 7.98. The highest BCUT2D eigenvalue weighted by Crippen LogP contribution is 2.27. The van der Waals surface area contributed by atoms with Crippen molar-refractivity contribution in [3.05, 3.63) is 30.1 Å². The molecule has 3 N–H and O–H groups in total. The van der Waals surface area contributed by atoms with E-state index in [0.29, 0.717) is 11.4 Å². The van der Waals surface area contributed by atoms with Gasteiger partial charge in [0.05, 0.1) is 0 Å². The molecule has 1 heterocycles. The van der Waals surface area contributed by atoms with Gasteiger partial charge in [-0.05, 0) is 18.2 Å². The summed E-state index contributed by atoms with van der Waals surface area (Å²) < 4.78 is 1.83. The van der Waals surface area contributed by atoms with E-state index in [-0.39, 0.29) is 5.75 Å². The number of aromatic nitrogens is 3. The fraction of sp³-hybridized carbons (Fsp3) is 0.200.